The molecule has 0 aliphatic rings. The molecule has 1 aromatic rings. The fraction of sp³-hybridized carbons (Fsp3) is 0.385. The molecule has 1 N–H and O–H groups in total. The number of hydrogen-bond donors (Lipinski definition) is 1. The van der Waals surface area contributed by atoms with Gasteiger partial charge in [-0.05, 0) is 31.5 Å². The maximum absolute atomic E-state index is 12.1. The number of benzene rings is 1. The van der Waals surface area contributed by atoms with E-state index >= 15 is 0 Å². The molecule has 4 nitrogen and oxygen atoms in total. The molecule has 0 aromatic heterocycles. The molecule has 0 bridgehead atoms. The second-order valence-corrected chi connectivity index (χ2v) is 6.41. The first-order valence-corrected chi connectivity index (χ1v) is 7.67. The van der Waals surface area contributed by atoms with E-state index in [-0.39, 0.29) is 11.4 Å². The Labute approximate surface area is 119 Å². The van der Waals surface area contributed by atoms with Gasteiger partial charge in [-0.2, -0.15) is 0 Å². The molecule has 0 aliphatic heterocycles. The average Bonchev–Trinajstić information content (AvgIpc) is 2.31. The number of hydrogen-bond acceptors (Lipinski definition) is 3. The minimum absolute atomic E-state index is 0.194. The van der Waals surface area contributed by atoms with Crippen LogP contribution in [0.25, 0.3) is 0 Å². The fourth-order valence-corrected chi connectivity index (χ4v) is 2.96. The summed E-state index contributed by atoms with van der Waals surface area (Å²) in [6.07, 6.45) is 0. The van der Waals surface area contributed by atoms with Gasteiger partial charge in [0.25, 0.3) is 0 Å². The molecule has 0 atom stereocenters. The summed E-state index contributed by atoms with van der Waals surface area (Å²) in [6.45, 7) is 8.15. The van der Waals surface area contributed by atoms with Crippen molar-refractivity contribution < 1.29 is 13.2 Å². The largest absolute Gasteiger partial charge is 0.376 e. The second kappa shape index (κ2) is 7.05. The summed E-state index contributed by atoms with van der Waals surface area (Å²) in [5, 5.41) is 0.432. The van der Waals surface area contributed by atoms with Crippen LogP contribution in [0.2, 0.25) is 5.02 Å². The molecule has 0 amide bonds. The third-order valence-corrected chi connectivity index (χ3v) is 4.41. The van der Waals surface area contributed by atoms with Gasteiger partial charge in [0.15, 0.2) is 0 Å². The van der Waals surface area contributed by atoms with Crippen LogP contribution in [-0.4, -0.2) is 28.2 Å². The summed E-state index contributed by atoms with van der Waals surface area (Å²) >= 11 is 5.91. The third kappa shape index (κ3) is 4.95. The van der Waals surface area contributed by atoms with Gasteiger partial charge in [0, 0.05) is 11.6 Å². The Morgan fingerprint density at radius 1 is 1.47 bits per heavy atom. The Kier molecular flexibility index (Phi) is 6.00. The minimum atomic E-state index is -3.55. The number of nitrogens with one attached hydrogen (secondary N) is 1. The quantitative estimate of drug-likeness (QED) is 0.622. The van der Waals surface area contributed by atoms with Gasteiger partial charge in [0.2, 0.25) is 10.0 Å². The van der Waals surface area contributed by atoms with Gasteiger partial charge >= 0.3 is 0 Å². The molecule has 0 radical (unpaired) electrons. The van der Waals surface area contributed by atoms with E-state index in [0.29, 0.717) is 23.8 Å². The van der Waals surface area contributed by atoms with E-state index in [2.05, 4.69) is 11.3 Å². The molecular formula is C13H18ClNO3S. The van der Waals surface area contributed by atoms with Crippen molar-refractivity contribution in [3.63, 3.8) is 0 Å². The first-order chi connectivity index (χ1) is 8.84. The molecule has 0 aliphatic carbocycles. The van der Waals surface area contributed by atoms with E-state index in [1.807, 2.05) is 6.92 Å². The molecule has 0 saturated heterocycles. The van der Waals surface area contributed by atoms with Crippen LogP contribution in [0.15, 0.2) is 35.2 Å². The Bertz CT molecular complexity index is 555. The Balaban J connectivity index is 2.61. The molecule has 1 rings (SSSR count). The summed E-state index contributed by atoms with van der Waals surface area (Å²) in [6, 6.07) is 4.80. The van der Waals surface area contributed by atoms with Crippen molar-refractivity contribution in [3.8, 4) is 0 Å². The predicted molar refractivity (Wildman–Crippen MR) is 77.0 cm³/mol. The molecule has 0 saturated carbocycles. The van der Waals surface area contributed by atoms with E-state index in [9.17, 15) is 8.42 Å². The lowest BCUT2D eigenvalue weighted by Gasteiger charge is -2.10. The Hall–Kier alpha value is -0.880. The predicted octanol–water partition coefficient (Wildman–Crippen LogP) is 2.52. The molecule has 0 spiro atoms. The van der Waals surface area contributed by atoms with E-state index in [0.717, 1.165) is 5.57 Å². The number of sulfonamides is 1. The Morgan fingerprint density at radius 3 is 2.79 bits per heavy atom. The molecule has 19 heavy (non-hydrogen) atoms. The minimum Gasteiger partial charge on any atom is -0.376 e. The molecule has 0 fully saturated rings. The van der Waals surface area contributed by atoms with Crippen LogP contribution in [0.1, 0.15) is 12.5 Å². The fourth-order valence-electron chi connectivity index (χ4n) is 1.45. The highest BCUT2D eigenvalue weighted by Gasteiger charge is 2.17. The summed E-state index contributed by atoms with van der Waals surface area (Å²) in [4.78, 5) is 0.194. The SMILES string of the molecule is C=C(C)COCCNS(=O)(=O)c1cccc(Cl)c1C. The summed E-state index contributed by atoms with van der Waals surface area (Å²) in [5.74, 6) is 0. The topological polar surface area (TPSA) is 55.4 Å². The van der Waals surface area contributed by atoms with Gasteiger partial charge < -0.3 is 4.74 Å². The molecule has 6 heteroatoms. The maximum Gasteiger partial charge on any atom is 0.240 e. The molecule has 106 valence electrons. The van der Waals surface area contributed by atoms with Crippen molar-refractivity contribution in [2.24, 2.45) is 0 Å². The van der Waals surface area contributed by atoms with Crippen LogP contribution >= 0.6 is 11.6 Å². The zero-order valence-corrected chi connectivity index (χ0v) is 12.6. The third-order valence-electron chi connectivity index (χ3n) is 2.39. The van der Waals surface area contributed by atoms with Gasteiger partial charge in [-0.1, -0.05) is 29.8 Å². The first-order valence-electron chi connectivity index (χ1n) is 5.81. The standard InChI is InChI=1S/C13H18ClNO3S/c1-10(2)9-18-8-7-15-19(16,17)13-6-4-5-12(14)11(13)3/h4-6,15H,1,7-9H2,2-3H3. The van der Waals surface area contributed by atoms with E-state index in [1.54, 1.807) is 19.1 Å². The summed E-state index contributed by atoms with van der Waals surface area (Å²) in [7, 11) is -3.55. The van der Waals surface area contributed by atoms with Gasteiger partial charge in [-0.3, -0.25) is 0 Å². The summed E-state index contributed by atoms with van der Waals surface area (Å²) < 4.78 is 31.8. The van der Waals surface area contributed by atoms with Crippen LogP contribution in [0.4, 0.5) is 0 Å². The van der Waals surface area contributed by atoms with E-state index < -0.39 is 10.0 Å². The van der Waals surface area contributed by atoms with Crippen molar-refractivity contribution in [2.75, 3.05) is 19.8 Å². The van der Waals surface area contributed by atoms with Crippen molar-refractivity contribution >= 4 is 21.6 Å². The van der Waals surface area contributed by atoms with Gasteiger partial charge in [0.05, 0.1) is 18.1 Å². The highest BCUT2D eigenvalue weighted by molar-refractivity contribution is 7.89. The number of ether oxygens (including phenoxy) is 1. The average molecular weight is 304 g/mol. The number of halogens is 1. The molecule has 0 heterocycles. The highest BCUT2D eigenvalue weighted by atomic mass is 35.5. The van der Waals surface area contributed by atoms with E-state index in [4.69, 9.17) is 16.3 Å². The highest BCUT2D eigenvalue weighted by Crippen LogP contribution is 2.22. The Morgan fingerprint density at radius 2 is 2.16 bits per heavy atom. The molecule has 1 aromatic carbocycles. The lowest BCUT2D eigenvalue weighted by Crippen LogP contribution is -2.28. The second-order valence-electron chi connectivity index (χ2n) is 4.27. The van der Waals surface area contributed by atoms with Gasteiger partial charge in [-0.25, -0.2) is 13.1 Å². The van der Waals surface area contributed by atoms with E-state index in [1.165, 1.54) is 6.07 Å². The van der Waals surface area contributed by atoms with Crippen molar-refractivity contribution in [2.45, 2.75) is 18.7 Å². The van der Waals surface area contributed by atoms with Crippen molar-refractivity contribution in [3.05, 3.63) is 40.9 Å². The lowest BCUT2D eigenvalue weighted by molar-refractivity contribution is 0.162. The zero-order chi connectivity index (χ0) is 14.5. The normalized spacial score (nSPS) is 11.5. The van der Waals surface area contributed by atoms with Crippen molar-refractivity contribution in [1.29, 1.82) is 0 Å². The molecule has 0 unspecified atom stereocenters. The van der Waals surface area contributed by atoms with Gasteiger partial charge in [-0.15, -0.1) is 0 Å². The van der Waals surface area contributed by atoms with Crippen LogP contribution in [-0.2, 0) is 14.8 Å². The van der Waals surface area contributed by atoms with Crippen LogP contribution < -0.4 is 4.72 Å². The summed E-state index contributed by atoms with van der Waals surface area (Å²) in [5.41, 5.74) is 1.44. The monoisotopic (exact) mass is 303 g/mol. The number of rotatable bonds is 7. The molecular weight excluding hydrogens is 286 g/mol. The van der Waals surface area contributed by atoms with Crippen LogP contribution in [0.3, 0.4) is 0 Å². The maximum atomic E-state index is 12.1. The van der Waals surface area contributed by atoms with Crippen LogP contribution in [0, 0.1) is 6.92 Å². The van der Waals surface area contributed by atoms with Crippen molar-refractivity contribution in [1.82, 2.24) is 4.72 Å². The lowest BCUT2D eigenvalue weighted by atomic mass is 10.2. The first kappa shape index (κ1) is 16.2. The zero-order valence-electron chi connectivity index (χ0n) is 11.1. The van der Waals surface area contributed by atoms with Crippen LogP contribution in [0.5, 0.6) is 0 Å². The van der Waals surface area contributed by atoms with Gasteiger partial charge in [0.1, 0.15) is 0 Å². The smallest absolute Gasteiger partial charge is 0.240 e.